The summed E-state index contributed by atoms with van der Waals surface area (Å²) in [7, 11) is 0. The molecule has 1 aliphatic carbocycles. The number of hydrogen-bond acceptors (Lipinski definition) is 6. The first kappa shape index (κ1) is 21.5. The van der Waals surface area contributed by atoms with Gasteiger partial charge in [-0.05, 0) is 44.0 Å². The molecule has 1 amide bonds. The van der Waals surface area contributed by atoms with Gasteiger partial charge in [-0.25, -0.2) is 4.68 Å². The molecule has 1 saturated carbocycles. The SMILES string of the molecule is Cc1cc(NC(=O)CSc2nnc(-c3ccco3)n2C2CCCCC2)n(-c2ccccc2)n1. The van der Waals surface area contributed by atoms with Gasteiger partial charge in [-0.1, -0.05) is 49.2 Å². The third kappa shape index (κ3) is 4.73. The van der Waals surface area contributed by atoms with E-state index in [1.807, 2.05) is 55.5 Å². The standard InChI is InChI=1S/C24H26N6O2S/c1-17-15-21(30(28-17)19-11-6-3-7-12-19)25-22(31)16-33-24-27-26-23(20-13-8-14-32-20)29(24)18-9-4-2-5-10-18/h3,6-8,11-15,18H,2,4-5,9-10,16H2,1H3,(H,25,31). The Bertz CT molecular complexity index is 1210. The summed E-state index contributed by atoms with van der Waals surface area (Å²) in [4.78, 5) is 12.9. The molecule has 8 nitrogen and oxygen atoms in total. The number of amides is 1. The minimum Gasteiger partial charge on any atom is -0.461 e. The molecular formula is C24H26N6O2S. The van der Waals surface area contributed by atoms with Crippen molar-refractivity contribution in [3.05, 3.63) is 60.5 Å². The van der Waals surface area contributed by atoms with Crippen molar-refractivity contribution in [3.8, 4) is 17.3 Å². The quantitative estimate of drug-likeness (QED) is 0.376. The van der Waals surface area contributed by atoms with E-state index in [2.05, 4.69) is 25.2 Å². The summed E-state index contributed by atoms with van der Waals surface area (Å²) in [6.45, 7) is 1.91. The van der Waals surface area contributed by atoms with Crippen LogP contribution in [0.5, 0.6) is 0 Å². The van der Waals surface area contributed by atoms with Crippen LogP contribution in [-0.4, -0.2) is 36.2 Å². The number of anilines is 1. The maximum Gasteiger partial charge on any atom is 0.236 e. The van der Waals surface area contributed by atoms with Crippen LogP contribution in [0.15, 0.2) is 64.4 Å². The molecule has 0 radical (unpaired) electrons. The number of carbonyl (C=O) groups excluding carboxylic acids is 1. The van der Waals surface area contributed by atoms with E-state index in [1.54, 1.807) is 10.9 Å². The molecule has 5 rings (SSSR count). The van der Waals surface area contributed by atoms with Crippen molar-refractivity contribution in [1.29, 1.82) is 0 Å². The predicted octanol–water partition coefficient (Wildman–Crippen LogP) is 5.27. The fourth-order valence-corrected chi connectivity index (χ4v) is 5.09. The summed E-state index contributed by atoms with van der Waals surface area (Å²) in [6, 6.07) is 15.7. The molecule has 0 saturated heterocycles. The first-order valence-electron chi connectivity index (χ1n) is 11.2. The first-order valence-corrected chi connectivity index (χ1v) is 12.2. The second kappa shape index (κ2) is 9.66. The van der Waals surface area contributed by atoms with Crippen LogP contribution in [0.3, 0.4) is 0 Å². The monoisotopic (exact) mass is 462 g/mol. The van der Waals surface area contributed by atoms with Gasteiger partial charge in [0.05, 0.1) is 23.4 Å². The Morgan fingerprint density at radius 1 is 1.12 bits per heavy atom. The fourth-order valence-electron chi connectivity index (χ4n) is 4.28. The van der Waals surface area contributed by atoms with Crippen molar-refractivity contribution in [2.45, 2.75) is 50.2 Å². The van der Waals surface area contributed by atoms with Gasteiger partial charge in [0, 0.05) is 12.1 Å². The zero-order valence-electron chi connectivity index (χ0n) is 18.5. The molecule has 1 aromatic carbocycles. The number of aromatic nitrogens is 5. The maximum absolute atomic E-state index is 12.9. The van der Waals surface area contributed by atoms with Gasteiger partial charge in [0.25, 0.3) is 0 Å². The molecule has 0 unspecified atom stereocenters. The zero-order chi connectivity index (χ0) is 22.6. The number of nitrogens with one attached hydrogen (secondary N) is 1. The van der Waals surface area contributed by atoms with Crippen LogP contribution in [0.1, 0.15) is 43.8 Å². The van der Waals surface area contributed by atoms with Gasteiger partial charge >= 0.3 is 0 Å². The van der Waals surface area contributed by atoms with Gasteiger partial charge in [-0.15, -0.1) is 10.2 Å². The summed E-state index contributed by atoms with van der Waals surface area (Å²) in [5.41, 5.74) is 1.73. The summed E-state index contributed by atoms with van der Waals surface area (Å²) >= 11 is 1.40. The number of rotatable bonds is 7. The van der Waals surface area contributed by atoms with Gasteiger partial charge in [0.15, 0.2) is 10.9 Å². The summed E-state index contributed by atoms with van der Waals surface area (Å²) in [5.74, 6) is 2.19. The summed E-state index contributed by atoms with van der Waals surface area (Å²) in [5, 5.41) is 17.1. The molecule has 0 atom stereocenters. The Kier molecular flexibility index (Phi) is 6.30. The lowest BCUT2D eigenvalue weighted by Gasteiger charge is -2.25. The number of aryl methyl sites for hydroxylation is 1. The highest BCUT2D eigenvalue weighted by Crippen LogP contribution is 2.35. The smallest absolute Gasteiger partial charge is 0.236 e. The highest BCUT2D eigenvalue weighted by Gasteiger charge is 2.25. The van der Waals surface area contributed by atoms with Crippen LogP contribution in [0.25, 0.3) is 17.3 Å². The van der Waals surface area contributed by atoms with Crippen LogP contribution in [-0.2, 0) is 4.79 Å². The Labute approximate surface area is 196 Å². The van der Waals surface area contributed by atoms with Gasteiger partial charge in [-0.3, -0.25) is 9.36 Å². The van der Waals surface area contributed by atoms with E-state index in [0.717, 1.165) is 35.2 Å². The van der Waals surface area contributed by atoms with Gasteiger partial charge in [-0.2, -0.15) is 5.10 Å². The minimum absolute atomic E-state index is 0.116. The fraction of sp³-hybridized carbons (Fsp3) is 0.333. The Morgan fingerprint density at radius 2 is 1.94 bits per heavy atom. The second-order valence-corrected chi connectivity index (χ2v) is 9.14. The molecule has 3 heterocycles. The number of carbonyl (C=O) groups is 1. The Balaban J connectivity index is 1.33. The molecule has 1 aliphatic rings. The van der Waals surface area contributed by atoms with E-state index in [0.29, 0.717) is 17.6 Å². The van der Waals surface area contributed by atoms with E-state index < -0.39 is 0 Å². The number of hydrogen-bond donors (Lipinski definition) is 1. The van der Waals surface area contributed by atoms with Crippen LogP contribution in [0.2, 0.25) is 0 Å². The minimum atomic E-state index is -0.116. The average Bonchev–Trinajstić information content (AvgIpc) is 3.58. The topological polar surface area (TPSA) is 90.8 Å². The van der Waals surface area contributed by atoms with Crippen molar-refractivity contribution >= 4 is 23.5 Å². The number of thioether (sulfide) groups is 1. The lowest BCUT2D eigenvalue weighted by molar-refractivity contribution is -0.113. The highest BCUT2D eigenvalue weighted by atomic mass is 32.2. The van der Waals surface area contributed by atoms with E-state index >= 15 is 0 Å². The van der Waals surface area contributed by atoms with Crippen molar-refractivity contribution in [2.24, 2.45) is 0 Å². The molecule has 170 valence electrons. The lowest BCUT2D eigenvalue weighted by Crippen LogP contribution is -2.18. The van der Waals surface area contributed by atoms with Crippen LogP contribution < -0.4 is 5.32 Å². The van der Waals surface area contributed by atoms with Crippen molar-refractivity contribution in [3.63, 3.8) is 0 Å². The normalized spacial score (nSPS) is 14.5. The molecule has 3 aromatic heterocycles. The Hall–Kier alpha value is -3.33. The molecule has 0 spiro atoms. The van der Waals surface area contributed by atoms with E-state index in [-0.39, 0.29) is 11.7 Å². The molecular weight excluding hydrogens is 436 g/mol. The highest BCUT2D eigenvalue weighted by molar-refractivity contribution is 7.99. The number of nitrogens with zero attached hydrogens (tertiary/aromatic N) is 5. The van der Waals surface area contributed by atoms with E-state index in [9.17, 15) is 4.79 Å². The molecule has 9 heteroatoms. The lowest BCUT2D eigenvalue weighted by atomic mass is 9.95. The zero-order valence-corrected chi connectivity index (χ0v) is 19.3. The average molecular weight is 463 g/mol. The summed E-state index contributed by atoms with van der Waals surface area (Å²) < 4.78 is 9.51. The van der Waals surface area contributed by atoms with Crippen LogP contribution in [0, 0.1) is 6.92 Å². The maximum atomic E-state index is 12.9. The molecule has 1 fully saturated rings. The first-order chi connectivity index (χ1) is 16.2. The van der Waals surface area contributed by atoms with Crippen molar-refractivity contribution in [2.75, 3.05) is 11.1 Å². The van der Waals surface area contributed by atoms with E-state index in [1.165, 1.54) is 31.0 Å². The third-order valence-electron chi connectivity index (χ3n) is 5.78. The third-order valence-corrected chi connectivity index (χ3v) is 6.72. The number of benzene rings is 1. The molecule has 0 aliphatic heterocycles. The van der Waals surface area contributed by atoms with Crippen molar-refractivity contribution < 1.29 is 9.21 Å². The largest absolute Gasteiger partial charge is 0.461 e. The molecule has 33 heavy (non-hydrogen) atoms. The van der Waals surface area contributed by atoms with Crippen molar-refractivity contribution in [1.82, 2.24) is 24.5 Å². The van der Waals surface area contributed by atoms with Crippen LogP contribution in [0.4, 0.5) is 5.82 Å². The summed E-state index contributed by atoms with van der Waals surface area (Å²) in [6.07, 6.45) is 7.45. The Morgan fingerprint density at radius 3 is 2.70 bits per heavy atom. The molecule has 0 bridgehead atoms. The molecule has 4 aromatic rings. The van der Waals surface area contributed by atoms with Gasteiger partial charge < -0.3 is 9.73 Å². The second-order valence-electron chi connectivity index (χ2n) is 8.20. The molecule has 1 N–H and O–H groups in total. The number of para-hydroxylation sites is 1. The number of furan rings is 1. The van der Waals surface area contributed by atoms with Gasteiger partial charge in [0.2, 0.25) is 11.7 Å². The predicted molar refractivity (Wildman–Crippen MR) is 128 cm³/mol. The van der Waals surface area contributed by atoms with Crippen LogP contribution >= 0.6 is 11.8 Å². The van der Waals surface area contributed by atoms with Gasteiger partial charge in [0.1, 0.15) is 5.82 Å². The van der Waals surface area contributed by atoms with E-state index in [4.69, 9.17) is 4.42 Å².